The molecule has 0 saturated heterocycles. The van der Waals surface area contributed by atoms with Gasteiger partial charge in [-0.2, -0.15) is 0 Å². The first-order chi connectivity index (χ1) is 7.69. The molecule has 0 fully saturated rings. The first-order valence-electron chi connectivity index (χ1n) is 6.17. The summed E-state index contributed by atoms with van der Waals surface area (Å²) in [5, 5.41) is 2.85. The zero-order valence-electron chi connectivity index (χ0n) is 10.2. The molecule has 0 radical (unpaired) electrons. The summed E-state index contributed by atoms with van der Waals surface area (Å²) >= 11 is 7.77. The Morgan fingerprint density at radius 1 is 1.44 bits per heavy atom. The van der Waals surface area contributed by atoms with Crippen molar-refractivity contribution in [2.24, 2.45) is 11.7 Å². The third-order valence-electron chi connectivity index (χ3n) is 3.11. The number of unbranched alkanes of at least 4 members (excludes halogenated alkanes) is 1. The summed E-state index contributed by atoms with van der Waals surface area (Å²) in [6.45, 7) is 4.49. The molecule has 2 N–H and O–H groups in total. The second-order valence-electron chi connectivity index (χ2n) is 4.39. The molecule has 0 aliphatic heterocycles. The lowest BCUT2D eigenvalue weighted by molar-refractivity contribution is 0.390. The molecule has 1 nitrogen and oxygen atoms in total. The molecule has 1 aromatic heterocycles. The first kappa shape index (κ1) is 14.0. The summed E-state index contributed by atoms with van der Waals surface area (Å²) in [6.07, 6.45) is 6.16. The molecule has 1 heterocycles. The topological polar surface area (TPSA) is 26.0 Å². The molecule has 0 aromatic carbocycles. The first-order valence-corrected chi connectivity index (χ1v) is 7.43. The highest BCUT2D eigenvalue weighted by atomic mass is 35.5. The fourth-order valence-corrected chi connectivity index (χ4v) is 3.23. The van der Waals surface area contributed by atoms with Gasteiger partial charge in [0.15, 0.2) is 0 Å². The van der Waals surface area contributed by atoms with Crippen molar-refractivity contribution >= 4 is 22.9 Å². The van der Waals surface area contributed by atoms with Crippen LogP contribution in [0.15, 0.2) is 11.4 Å². The van der Waals surface area contributed by atoms with E-state index in [2.05, 4.69) is 13.8 Å². The van der Waals surface area contributed by atoms with E-state index in [0.717, 1.165) is 22.2 Å². The van der Waals surface area contributed by atoms with Crippen LogP contribution in [0.4, 0.5) is 0 Å². The summed E-state index contributed by atoms with van der Waals surface area (Å²) in [5.74, 6) is 0.744. The van der Waals surface area contributed by atoms with Gasteiger partial charge in [0.1, 0.15) is 0 Å². The number of hydrogen-bond acceptors (Lipinski definition) is 2. The Morgan fingerprint density at radius 2 is 2.19 bits per heavy atom. The monoisotopic (exact) mass is 259 g/mol. The number of nitrogens with two attached hydrogens (primary N) is 1. The van der Waals surface area contributed by atoms with Gasteiger partial charge in [0.05, 0.1) is 5.02 Å². The Kier molecular flexibility index (Phi) is 6.40. The van der Waals surface area contributed by atoms with Gasteiger partial charge in [-0.3, -0.25) is 0 Å². The van der Waals surface area contributed by atoms with E-state index in [9.17, 15) is 0 Å². The van der Waals surface area contributed by atoms with Gasteiger partial charge in [0.2, 0.25) is 0 Å². The van der Waals surface area contributed by atoms with E-state index in [-0.39, 0.29) is 6.04 Å². The zero-order valence-corrected chi connectivity index (χ0v) is 11.8. The number of thiophene rings is 1. The third kappa shape index (κ3) is 4.08. The molecule has 0 spiro atoms. The molecule has 0 aliphatic rings. The van der Waals surface area contributed by atoms with Crippen molar-refractivity contribution in [1.29, 1.82) is 0 Å². The van der Waals surface area contributed by atoms with Crippen LogP contribution in [0, 0.1) is 5.92 Å². The largest absolute Gasteiger partial charge is 0.323 e. The zero-order chi connectivity index (χ0) is 12.0. The molecular formula is C13H22ClNS. The summed E-state index contributed by atoms with van der Waals surface area (Å²) < 4.78 is 0. The normalized spacial score (nSPS) is 15.0. The van der Waals surface area contributed by atoms with E-state index in [0.29, 0.717) is 0 Å². The minimum atomic E-state index is 0.120. The maximum Gasteiger partial charge on any atom is 0.0561 e. The average molecular weight is 260 g/mol. The fraction of sp³-hybridized carbons (Fsp3) is 0.692. The number of rotatable bonds is 7. The second-order valence-corrected chi connectivity index (χ2v) is 5.75. The quantitative estimate of drug-likeness (QED) is 0.732. The van der Waals surface area contributed by atoms with E-state index < -0.39 is 0 Å². The molecule has 0 bridgehead atoms. The van der Waals surface area contributed by atoms with Crippen LogP contribution in [-0.4, -0.2) is 0 Å². The number of hydrogen-bond donors (Lipinski definition) is 1. The molecule has 1 rings (SSSR count). The van der Waals surface area contributed by atoms with Crippen LogP contribution in [0.3, 0.4) is 0 Å². The van der Waals surface area contributed by atoms with Crippen molar-refractivity contribution < 1.29 is 0 Å². The minimum absolute atomic E-state index is 0.120. The van der Waals surface area contributed by atoms with E-state index >= 15 is 0 Å². The third-order valence-corrected chi connectivity index (χ3v) is 4.60. The van der Waals surface area contributed by atoms with Crippen molar-refractivity contribution in [1.82, 2.24) is 0 Å². The summed E-state index contributed by atoms with van der Waals surface area (Å²) in [7, 11) is 0. The Hall–Kier alpha value is -0.0500. The van der Waals surface area contributed by atoms with Crippen LogP contribution in [0.1, 0.15) is 56.9 Å². The molecule has 92 valence electrons. The summed E-state index contributed by atoms with van der Waals surface area (Å²) in [4.78, 5) is 1.15. The summed E-state index contributed by atoms with van der Waals surface area (Å²) in [6, 6.07) is 2.06. The molecule has 0 amide bonds. The highest BCUT2D eigenvalue weighted by Gasteiger charge is 2.16. The van der Waals surface area contributed by atoms with E-state index in [1.807, 2.05) is 11.4 Å². The molecule has 2 atom stereocenters. The van der Waals surface area contributed by atoms with E-state index in [1.165, 1.54) is 25.7 Å². The Labute approximate surface area is 108 Å². The maximum absolute atomic E-state index is 6.21. The molecule has 1 aromatic rings. The van der Waals surface area contributed by atoms with Crippen molar-refractivity contribution in [2.45, 2.75) is 52.0 Å². The average Bonchev–Trinajstić information content (AvgIpc) is 2.70. The Bertz CT molecular complexity index is 298. The van der Waals surface area contributed by atoms with Crippen LogP contribution in [0.5, 0.6) is 0 Å². The van der Waals surface area contributed by atoms with Crippen molar-refractivity contribution in [2.75, 3.05) is 0 Å². The second kappa shape index (κ2) is 7.31. The maximum atomic E-state index is 6.21. The van der Waals surface area contributed by atoms with Gasteiger partial charge in [-0.25, -0.2) is 0 Å². The number of halogens is 1. The predicted octanol–water partition coefficient (Wildman–Crippen LogP) is 5.01. The van der Waals surface area contributed by atoms with E-state index in [1.54, 1.807) is 11.3 Å². The van der Waals surface area contributed by atoms with Gasteiger partial charge in [0, 0.05) is 10.9 Å². The SMILES string of the molecule is CCCCC(CC)CC(N)c1sccc1Cl. The fourth-order valence-electron chi connectivity index (χ4n) is 2.02. The van der Waals surface area contributed by atoms with Gasteiger partial charge in [-0.05, 0) is 23.8 Å². The minimum Gasteiger partial charge on any atom is -0.323 e. The van der Waals surface area contributed by atoms with Gasteiger partial charge < -0.3 is 5.73 Å². The molecular weight excluding hydrogens is 238 g/mol. The van der Waals surface area contributed by atoms with Crippen LogP contribution in [-0.2, 0) is 0 Å². The highest BCUT2D eigenvalue weighted by Crippen LogP contribution is 2.32. The van der Waals surface area contributed by atoms with Crippen LogP contribution >= 0.6 is 22.9 Å². The highest BCUT2D eigenvalue weighted by molar-refractivity contribution is 7.10. The van der Waals surface area contributed by atoms with Gasteiger partial charge in [0.25, 0.3) is 0 Å². The molecule has 2 unspecified atom stereocenters. The van der Waals surface area contributed by atoms with Crippen molar-refractivity contribution in [3.05, 3.63) is 21.3 Å². The lowest BCUT2D eigenvalue weighted by Gasteiger charge is -2.19. The molecule has 0 aliphatic carbocycles. The standard InChI is InChI=1S/C13H22ClNS/c1-3-5-6-10(4-2)9-12(15)13-11(14)7-8-16-13/h7-8,10,12H,3-6,9,15H2,1-2H3. The van der Waals surface area contributed by atoms with Crippen LogP contribution in [0.25, 0.3) is 0 Å². The van der Waals surface area contributed by atoms with E-state index in [4.69, 9.17) is 17.3 Å². The van der Waals surface area contributed by atoms with Crippen molar-refractivity contribution in [3.8, 4) is 0 Å². The van der Waals surface area contributed by atoms with Gasteiger partial charge in [-0.15, -0.1) is 11.3 Å². The Balaban J connectivity index is 2.48. The Morgan fingerprint density at radius 3 is 2.69 bits per heavy atom. The predicted molar refractivity (Wildman–Crippen MR) is 74.2 cm³/mol. The van der Waals surface area contributed by atoms with Gasteiger partial charge in [-0.1, -0.05) is 51.1 Å². The smallest absolute Gasteiger partial charge is 0.0561 e. The lowest BCUT2D eigenvalue weighted by atomic mass is 9.92. The van der Waals surface area contributed by atoms with Crippen molar-refractivity contribution in [3.63, 3.8) is 0 Å². The van der Waals surface area contributed by atoms with Gasteiger partial charge >= 0.3 is 0 Å². The molecule has 3 heteroatoms. The lowest BCUT2D eigenvalue weighted by Crippen LogP contribution is -2.14. The molecule has 16 heavy (non-hydrogen) atoms. The van der Waals surface area contributed by atoms with Crippen LogP contribution in [0.2, 0.25) is 5.02 Å². The summed E-state index contributed by atoms with van der Waals surface area (Å²) in [5.41, 5.74) is 6.21. The molecule has 0 saturated carbocycles. The van der Waals surface area contributed by atoms with Crippen LogP contribution < -0.4 is 5.73 Å².